The molecule has 2 aromatic rings. The van der Waals surface area contributed by atoms with Crippen molar-refractivity contribution >= 4 is 17.4 Å². The van der Waals surface area contributed by atoms with E-state index in [1.165, 1.54) is 6.20 Å². The van der Waals surface area contributed by atoms with Gasteiger partial charge in [-0.1, -0.05) is 0 Å². The van der Waals surface area contributed by atoms with Gasteiger partial charge in [-0.05, 0) is 27.2 Å². The van der Waals surface area contributed by atoms with Gasteiger partial charge in [0.05, 0.1) is 12.8 Å². The monoisotopic (exact) mass is 299 g/mol. The Balaban J connectivity index is 2.30. The van der Waals surface area contributed by atoms with E-state index in [1.54, 1.807) is 11.4 Å². The molecule has 0 saturated heterocycles. The molecule has 22 heavy (non-hydrogen) atoms. The minimum Gasteiger partial charge on any atom is -0.461 e. The van der Waals surface area contributed by atoms with Crippen LogP contribution in [0.5, 0.6) is 0 Å². The zero-order valence-electron chi connectivity index (χ0n) is 12.8. The molecule has 0 radical (unpaired) electrons. The van der Waals surface area contributed by atoms with Crippen LogP contribution in [0.4, 0.5) is 5.82 Å². The maximum absolute atomic E-state index is 12.2. The highest BCUT2D eigenvalue weighted by Crippen LogP contribution is 2.33. The van der Waals surface area contributed by atoms with E-state index in [9.17, 15) is 10.1 Å². The van der Waals surface area contributed by atoms with Crippen LogP contribution in [0.3, 0.4) is 0 Å². The number of rotatable bonds is 3. The molecule has 0 unspecified atom stereocenters. The fourth-order valence-electron chi connectivity index (χ4n) is 2.82. The number of carbonyl (C=O) groups is 1. The van der Waals surface area contributed by atoms with E-state index < -0.39 is 5.97 Å². The maximum Gasteiger partial charge on any atom is 0.357 e. The highest BCUT2D eigenvalue weighted by atomic mass is 16.5. The molecule has 7 nitrogen and oxygen atoms in total. The molecule has 3 rings (SSSR count). The largest absolute Gasteiger partial charge is 0.461 e. The summed E-state index contributed by atoms with van der Waals surface area (Å²) in [6.45, 7) is 7.01. The van der Waals surface area contributed by atoms with Crippen LogP contribution in [-0.2, 0) is 11.2 Å². The molecular weight excluding hydrogens is 282 g/mol. The van der Waals surface area contributed by atoms with Crippen LogP contribution in [-0.4, -0.2) is 39.8 Å². The Labute approximate surface area is 128 Å². The lowest BCUT2D eigenvalue weighted by molar-refractivity contribution is 0.0518. The summed E-state index contributed by atoms with van der Waals surface area (Å²) in [5, 5.41) is 13.5. The van der Waals surface area contributed by atoms with E-state index in [0.717, 1.165) is 17.9 Å². The predicted octanol–water partition coefficient (Wildman–Crippen LogP) is 1.55. The number of carbonyl (C=O) groups excluding carboxylic acids is 1. The standard InChI is InChI=1S/C15H17N5O2/c1-4-22-15(21)12-11-5-6-19(9(2)3)14(11)20-13(18-12)10(7-16)8-17-20/h8-9H,4-6H2,1-3H3. The van der Waals surface area contributed by atoms with Crippen LogP contribution in [0.1, 0.15) is 42.4 Å². The van der Waals surface area contributed by atoms with Crippen LogP contribution in [0.15, 0.2) is 6.20 Å². The van der Waals surface area contributed by atoms with Gasteiger partial charge < -0.3 is 9.64 Å². The number of aromatic nitrogens is 3. The van der Waals surface area contributed by atoms with Gasteiger partial charge in [0, 0.05) is 18.2 Å². The molecule has 0 amide bonds. The molecule has 0 aromatic carbocycles. The second-order valence-corrected chi connectivity index (χ2v) is 5.43. The second kappa shape index (κ2) is 5.30. The molecule has 1 aliphatic heterocycles. The lowest BCUT2D eigenvalue weighted by Gasteiger charge is -2.24. The lowest BCUT2D eigenvalue weighted by atomic mass is 10.2. The van der Waals surface area contributed by atoms with Crippen molar-refractivity contribution in [2.24, 2.45) is 0 Å². The normalized spacial score (nSPS) is 13.5. The Morgan fingerprint density at radius 2 is 2.32 bits per heavy atom. The third-order valence-corrected chi connectivity index (χ3v) is 3.81. The number of nitriles is 1. The molecule has 0 saturated carbocycles. The molecular formula is C15H17N5O2. The van der Waals surface area contributed by atoms with Gasteiger partial charge in [0.25, 0.3) is 0 Å². The lowest BCUT2D eigenvalue weighted by Crippen LogP contribution is -2.30. The minimum absolute atomic E-state index is 0.261. The average Bonchev–Trinajstić information content (AvgIpc) is 3.09. The van der Waals surface area contributed by atoms with Gasteiger partial charge in [0.15, 0.2) is 11.3 Å². The van der Waals surface area contributed by atoms with Crippen LogP contribution in [0, 0.1) is 11.3 Å². The first-order valence-electron chi connectivity index (χ1n) is 7.33. The van der Waals surface area contributed by atoms with Gasteiger partial charge in [-0.2, -0.15) is 14.9 Å². The Morgan fingerprint density at radius 1 is 1.55 bits per heavy atom. The molecule has 1 aliphatic rings. The Morgan fingerprint density at radius 3 is 2.95 bits per heavy atom. The summed E-state index contributed by atoms with van der Waals surface area (Å²) in [6, 6.07) is 2.33. The number of fused-ring (bicyclic) bond motifs is 3. The summed E-state index contributed by atoms with van der Waals surface area (Å²) < 4.78 is 6.77. The topological polar surface area (TPSA) is 83.5 Å². The van der Waals surface area contributed by atoms with Crippen molar-refractivity contribution in [3.05, 3.63) is 23.0 Å². The smallest absolute Gasteiger partial charge is 0.357 e. The summed E-state index contributed by atoms with van der Waals surface area (Å²) in [5.74, 6) is 0.390. The molecule has 0 aliphatic carbocycles. The van der Waals surface area contributed by atoms with E-state index in [-0.39, 0.29) is 6.04 Å². The quantitative estimate of drug-likeness (QED) is 0.800. The zero-order valence-corrected chi connectivity index (χ0v) is 12.8. The van der Waals surface area contributed by atoms with Crippen molar-refractivity contribution in [2.75, 3.05) is 18.1 Å². The van der Waals surface area contributed by atoms with Crippen molar-refractivity contribution in [3.63, 3.8) is 0 Å². The fraction of sp³-hybridized carbons (Fsp3) is 0.467. The van der Waals surface area contributed by atoms with E-state index in [4.69, 9.17) is 4.74 Å². The first-order chi connectivity index (χ1) is 10.6. The van der Waals surface area contributed by atoms with Crippen LogP contribution in [0.2, 0.25) is 0 Å². The molecule has 114 valence electrons. The minimum atomic E-state index is -0.447. The van der Waals surface area contributed by atoms with Crippen LogP contribution in [0.25, 0.3) is 5.65 Å². The Kier molecular flexibility index (Phi) is 3.45. The molecule has 0 spiro atoms. The van der Waals surface area contributed by atoms with E-state index in [2.05, 4.69) is 34.9 Å². The summed E-state index contributed by atoms with van der Waals surface area (Å²) >= 11 is 0. The second-order valence-electron chi connectivity index (χ2n) is 5.43. The summed E-state index contributed by atoms with van der Waals surface area (Å²) in [7, 11) is 0. The number of nitrogens with zero attached hydrogens (tertiary/aromatic N) is 5. The maximum atomic E-state index is 12.2. The third-order valence-electron chi connectivity index (χ3n) is 3.81. The van der Waals surface area contributed by atoms with E-state index in [1.807, 2.05) is 0 Å². The Hall–Kier alpha value is -2.62. The highest BCUT2D eigenvalue weighted by Gasteiger charge is 2.32. The van der Waals surface area contributed by atoms with Gasteiger partial charge in [-0.25, -0.2) is 9.78 Å². The number of anilines is 1. The van der Waals surface area contributed by atoms with Crippen LogP contribution >= 0.6 is 0 Å². The third kappa shape index (κ3) is 1.99. The van der Waals surface area contributed by atoms with Gasteiger partial charge in [-0.3, -0.25) is 0 Å². The molecule has 2 aromatic heterocycles. The molecule has 0 N–H and O–H groups in total. The molecule has 0 atom stereocenters. The van der Waals surface area contributed by atoms with Crippen molar-refractivity contribution < 1.29 is 9.53 Å². The summed E-state index contributed by atoms with van der Waals surface area (Å²) in [5.41, 5.74) is 1.89. The number of hydrogen-bond acceptors (Lipinski definition) is 6. The van der Waals surface area contributed by atoms with E-state index >= 15 is 0 Å². The van der Waals surface area contributed by atoms with Crippen molar-refractivity contribution in [1.82, 2.24) is 14.6 Å². The Bertz CT molecular complexity index is 787. The van der Waals surface area contributed by atoms with Gasteiger partial charge >= 0.3 is 5.97 Å². The van der Waals surface area contributed by atoms with Gasteiger partial charge in [0.1, 0.15) is 17.5 Å². The predicted molar refractivity (Wildman–Crippen MR) is 79.8 cm³/mol. The number of esters is 1. The first kappa shape index (κ1) is 14.3. The molecule has 0 fully saturated rings. The van der Waals surface area contributed by atoms with Crippen LogP contribution < -0.4 is 4.90 Å². The average molecular weight is 299 g/mol. The van der Waals surface area contributed by atoms with Gasteiger partial charge in [0.2, 0.25) is 0 Å². The zero-order chi connectivity index (χ0) is 15.9. The molecule has 7 heteroatoms. The van der Waals surface area contributed by atoms with Gasteiger partial charge in [-0.15, -0.1) is 0 Å². The highest BCUT2D eigenvalue weighted by molar-refractivity contribution is 5.92. The fourth-order valence-corrected chi connectivity index (χ4v) is 2.82. The SMILES string of the molecule is CCOC(=O)c1nc2c(C#N)cnn2c2c1CCN2C(C)C. The number of hydrogen-bond donors (Lipinski definition) is 0. The molecule has 3 heterocycles. The van der Waals surface area contributed by atoms with Crippen molar-refractivity contribution in [1.29, 1.82) is 5.26 Å². The van der Waals surface area contributed by atoms with Crippen molar-refractivity contribution in [2.45, 2.75) is 33.2 Å². The number of ether oxygens (including phenoxy) is 1. The summed E-state index contributed by atoms with van der Waals surface area (Å²) in [4.78, 5) is 18.8. The molecule has 0 bridgehead atoms. The van der Waals surface area contributed by atoms with Crippen molar-refractivity contribution in [3.8, 4) is 6.07 Å². The summed E-state index contributed by atoms with van der Waals surface area (Å²) in [6.07, 6.45) is 2.20. The first-order valence-corrected chi connectivity index (χ1v) is 7.33. The van der Waals surface area contributed by atoms with E-state index in [0.29, 0.717) is 29.9 Å².